The smallest absolute Gasteiger partial charge is 2.00 e. The first-order valence-corrected chi connectivity index (χ1v) is 0. The average molecular weight is 146 g/mol. The van der Waals surface area contributed by atoms with Gasteiger partial charge in [-0.2, -0.15) is 0 Å². The van der Waals surface area contributed by atoms with Gasteiger partial charge in [-0.25, -0.2) is 0 Å². The van der Waals surface area contributed by atoms with Crippen molar-refractivity contribution in [1.29, 1.82) is 0 Å². The van der Waals surface area contributed by atoms with Gasteiger partial charge in [0.1, 0.15) is 0 Å². The SMILES string of the molecule is [Co+2].[Li+].[O-2].[O-2].[Ti+4]. The summed E-state index contributed by atoms with van der Waals surface area (Å²) in [5.74, 6) is 0. The summed E-state index contributed by atoms with van der Waals surface area (Å²) in [4.78, 5) is 0. The molecule has 0 saturated carbocycles. The molecule has 0 rings (SSSR count). The predicted octanol–water partition coefficient (Wildman–Crippen LogP) is -3.24. The fraction of sp³-hybridized carbons (Fsp3) is 0. The summed E-state index contributed by atoms with van der Waals surface area (Å²) in [7, 11) is 0. The maximum atomic E-state index is 0. The van der Waals surface area contributed by atoms with Crippen molar-refractivity contribution in [3.05, 3.63) is 0 Å². The van der Waals surface area contributed by atoms with Crippen molar-refractivity contribution in [2.45, 2.75) is 0 Å². The molecule has 0 aliphatic carbocycles. The van der Waals surface area contributed by atoms with Crippen LogP contribution in [0.3, 0.4) is 0 Å². The molecule has 0 aromatic carbocycles. The summed E-state index contributed by atoms with van der Waals surface area (Å²) >= 11 is 0. The molecule has 5 heavy (non-hydrogen) atoms. The van der Waals surface area contributed by atoms with Crippen LogP contribution >= 0.6 is 0 Å². The summed E-state index contributed by atoms with van der Waals surface area (Å²) in [6, 6.07) is 0. The Hall–Kier alpha value is 1.74. The first kappa shape index (κ1) is 73.4. The van der Waals surface area contributed by atoms with E-state index >= 15 is 0 Å². The molecule has 1 radical (unpaired) electrons. The zero-order valence-corrected chi connectivity index (χ0v) is 5.25. The molecule has 0 fully saturated rings. The summed E-state index contributed by atoms with van der Waals surface area (Å²) in [6.07, 6.45) is 0. The second-order valence-electron chi connectivity index (χ2n) is 0. The molecule has 0 aromatic rings. The van der Waals surface area contributed by atoms with Crippen molar-refractivity contribution < 1.29 is 68.3 Å². The van der Waals surface area contributed by atoms with Gasteiger partial charge >= 0.3 is 57.4 Å². The Bertz CT molecular complexity index is 9.61. The quantitative estimate of drug-likeness (QED) is 0.322. The van der Waals surface area contributed by atoms with E-state index in [1.54, 1.807) is 0 Å². The molecule has 23 valence electrons. The molecule has 0 unspecified atom stereocenters. The minimum atomic E-state index is 0. The van der Waals surface area contributed by atoms with Gasteiger partial charge in [-0.05, 0) is 0 Å². The third-order valence-corrected chi connectivity index (χ3v) is 0. The number of rotatable bonds is 0. The first-order chi connectivity index (χ1) is 0. The molecule has 2 nitrogen and oxygen atoms in total. The van der Waals surface area contributed by atoms with Crippen LogP contribution in [-0.2, 0) is 49.4 Å². The van der Waals surface area contributed by atoms with Crippen LogP contribution in [0.25, 0.3) is 0 Å². The van der Waals surface area contributed by atoms with E-state index in [0.717, 1.165) is 0 Å². The Morgan fingerprint density at radius 1 is 0.800 bits per heavy atom. The van der Waals surface area contributed by atoms with E-state index in [4.69, 9.17) is 0 Å². The van der Waals surface area contributed by atoms with Gasteiger partial charge in [-0.15, -0.1) is 0 Å². The molecule has 0 heterocycles. The second-order valence-corrected chi connectivity index (χ2v) is 0. The van der Waals surface area contributed by atoms with Crippen LogP contribution in [0, 0.1) is 0 Å². The summed E-state index contributed by atoms with van der Waals surface area (Å²) in [5.41, 5.74) is 0. The Morgan fingerprint density at radius 2 is 0.800 bits per heavy atom. The average Bonchev–Trinajstić information content (AvgIpc) is 0. The normalized spacial score (nSPS) is 0. The topological polar surface area (TPSA) is 57.0 Å². The van der Waals surface area contributed by atoms with Crippen molar-refractivity contribution in [2.75, 3.05) is 0 Å². The third-order valence-electron chi connectivity index (χ3n) is 0. The fourth-order valence-corrected chi connectivity index (χ4v) is 0. The van der Waals surface area contributed by atoms with Crippen LogP contribution in [-0.4, -0.2) is 0 Å². The van der Waals surface area contributed by atoms with Crippen LogP contribution in [0.5, 0.6) is 0 Å². The van der Waals surface area contributed by atoms with E-state index in [1.165, 1.54) is 0 Å². The molecule has 0 aliphatic rings. The molecule has 0 amide bonds. The second kappa shape index (κ2) is 42.6. The molecular weight excluding hydrogens is 146 g/mol. The molecule has 0 aliphatic heterocycles. The minimum Gasteiger partial charge on any atom is -2.00 e. The Balaban J connectivity index is 0. The molecule has 5 heteroatoms. The van der Waals surface area contributed by atoms with E-state index in [2.05, 4.69) is 0 Å². The van der Waals surface area contributed by atoms with Crippen LogP contribution < -0.4 is 18.9 Å². The minimum absolute atomic E-state index is 0. The standard InChI is InChI=1S/Co.Li.2O.Ti/q+2;+1;2*-2;+4. The van der Waals surface area contributed by atoms with Crippen molar-refractivity contribution in [1.82, 2.24) is 0 Å². The monoisotopic (exact) mass is 146 g/mol. The van der Waals surface area contributed by atoms with Gasteiger partial charge in [0.05, 0.1) is 0 Å². The largest absolute Gasteiger partial charge is 4.00 e. The molecule has 0 saturated heterocycles. The van der Waals surface area contributed by atoms with Crippen LogP contribution in [0.2, 0.25) is 0 Å². The van der Waals surface area contributed by atoms with Crippen molar-refractivity contribution >= 4 is 0 Å². The van der Waals surface area contributed by atoms with Gasteiger partial charge in [-0.3, -0.25) is 0 Å². The van der Waals surface area contributed by atoms with Gasteiger partial charge in [-0.1, -0.05) is 0 Å². The van der Waals surface area contributed by atoms with Crippen LogP contribution in [0.4, 0.5) is 0 Å². The fourth-order valence-electron chi connectivity index (χ4n) is 0. The van der Waals surface area contributed by atoms with Gasteiger partial charge in [0, 0.05) is 0 Å². The van der Waals surface area contributed by atoms with Gasteiger partial charge in [0.25, 0.3) is 0 Å². The van der Waals surface area contributed by atoms with Crippen molar-refractivity contribution in [2.24, 2.45) is 0 Å². The molecule has 0 aromatic heterocycles. The Morgan fingerprint density at radius 3 is 0.800 bits per heavy atom. The van der Waals surface area contributed by atoms with E-state index in [0.29, 0.717) is 0 Å². The zero-order valence-electron chi connectivity index (χ0n) is 2.65. The Kier molecular flexibility index (Phi) is 626. The van der Waals surface area contributed by atoms with Gasteiger partial charge in [0.2, 0.25) is 0 Å². The number of hydrogen-bond donors (Lipinski definition) is 0. The van der Waals surface area contributed by atoms with Gasteiger partial charge in [0.15, 0.2) is 0 Å². The summed E-state index contributed by atoms with van der Waals surface area (Å²) in [6.45, 7) is 0. The third kappa shape index (κ3) is 26.5. The molecule has 0 N–H and O–H groups in total. The Labute approximate surface area is 68.0 Å². The maximum absolute atomic E-state index is 0. The summed E-state index contributed by atoms with van der Waals surface area (Å²) in [5, 5.41) is 0. The zero-order chi connectivity index (χ0) is 0. The van der Waals surface area contributed by atoms with Crippen LogP contribution in [0.1, 0.15) is 0 Å². The predicted molar refractivity (Wildman–Crippen MR) is 1.37 cm³/mol. The van der Waals surface area contributed by atoms with Gasteiger partial charge < -0.3 is 11.0 Å². The van der Waals surface area contributed by atoms with Crippen LogP contribution in [0.15, 0.2) is 0 Å². The van der Waals surface area contributed by atoms with E-state index in [1.807, 2.05) is 0 Å². The molecule has 0 bridgehead atoms. The summed E-state index contributed by atoms with van der Waals surface area (Å²) < 4.78 is 0. The molecular formula is CoLiO2Ti+3. The van der Waals surface area contributed by atoms with Crippen molar-refractivity contribution in [3.63, 3.8) is 0 Å². The molecule has 0 atom stereocenters. The number of hydrogen-bond acceptors (Lipinski definition) is 0. The van der Waals surface area contributed by atoms with E-state index < -0.39 is 0 Å². The van der Waals surface area contributed by atoms with Crippen molar-refractivity contribution in [3.8, 4) is 0 Å². The van der Waals surface area contributed by atoms with E-state index in [9.17, 15) is 0 Å². The molecule has 0 spiro atoms. The maximum Gasteiger partial charge on any atom is 4.00 e. The first-order valence-electron chi connectivity index (χ1n) is 0. The van der Waals surface area contributed by atoms with E-state index in [-0.39, 0.29) is 68.3 Å².